The van der Waals surface area contributed by atoms with Crippen LogP contribution in [0.4, 0.5) is 0 Å². The fourth-order valence-electron chi connectivity index (χ4n) is 3.90. The third-order valence-electron chi connectivity index (χ3n) is 5.35. The first-order valence-corrected chi connectivity index (χ1v) is 10.1. The first kappa shape index (κ1) is 21.6. The van der Waals surface area contributed by atoms with Crippen molar-refractivity contribution in [1.82, 2.24) is 24.8 Å². The molecule has 1 fully saturated rings. The molecule has 1 aliphatic rings. The molecule has 0 spiro atoms. The number of imidazole rings is 1. The topological polar surface area (TPSA) is 63.1 Å². The molecule has 1 atom stereocenters. The summed E-state index contributed by atoms with van der Waals surface area (Å²) in [6.45, 7) is 5.18. The second kappa shape index (κ2) is 9.57. The summed E-state index contributed by atoms with van der Waals surface area (Å²) in [5.74, 6) is 0.694. The zero-order chi connectivity index (χ0) is 19.5. The molecule has 0 radical (unpaired) electrons. The largest absolute Gasteiger partial charge is 0.353 e. The van der Waals surface area contributed by atoms with Gasteiger partial charge in [0.25, 0.3) is 0 Å². The number of benzene rings is 1. The van der Waals surface area contributed by atoms with Gasteiger partial charge in [-0.05, 0) is 62.3 Å². The summed E-state index contributed by atoms with van der Waals surface area (Å²) in [6, 6.07) is 11.7. The van der Waals surface area contributed by atoms with Crippen LogP contribution in [-0.4, -0.2) is 51.0 Å². The van der Waals surface area contributed by atoms with E-state index >= 15 is 0 Å². The normalized spacial score (nSPS) is 16.7. The molecular weight excluding hydrogens is 409 g/mol. The predicted octanol–water partition coefficient (Wildman–Crippen LogP) is 3.77. The van der Waals surface area contributed by atoms with Crippen LogP contribution in [-0.2, 0) is 11.3 Å². The van der Waals surface area contributed by atoms with Crippen molar-refractivity contribution in [3.8, 4) is 11.4 Å². The molecule has 0 saturated carbocycles. The zero-order valence-electron chi connectivity index (χ0n) is 16.3. The molecule has 154 valence electrons. The van der Waals surface area contributed by atoms with E-state index in [2.05, 4.69) is 22.1 Å². The third-order valence-corrected chi connectivity index (χ3v) is 5.60. The Morgan fingerprint density at radius 3 is 2.83 bits per heavy atom. The van der Waals surface area contributed by atoms with Gasteiger partial charge in [-0.1, -0.05) is 18.5 Å². The lowest BCUT2D eigenvalue weighted by Gasteiger charge is -2.23. The van der Waals surface area contributed by atoms with E-state index < -0.39 is 0 Å². The third kappa shape index (κ3) is 4.71. The van der Waals surface area contributed by atoms with Gasteiger partial charge >= 0.3 is 0 Å². The first-order chi connectivity index (χ1) is 13.7. The molecule has 3 aromatic rings. The van der Waals surface area contributed by atoms with Gasteiger partial charge in [0.1, 0.15) is 17.9 Å². The second-order valence-corrected chi connectivity index (χ2v) is 7.54. The quantitative estimate of drug-likeness (QED) is 0.642. The number of carbonyl (C=O) groups excluding carboxylic acids is 1. The average molecular weight is 434 g/mol. The Hall–Kier alpha value is -2.15. The molecule has 2 aromatic heterocycles. The highest BCUT2D eigenvalue weighted by Gasteiger charge is 2.23. The molecule has 29 heavy (non-hydrogen) atoms. The number of hydrogen-bond donors (Lipinski definition) is 1. The number of nitrogens with zero attached hydrogens (tertiary/aromatic N) is 4. The van der Waals surface area contributed by atoms with E-state index in [4.69, 9.17) is 16.6 Å². The van der Waals surface area contributed by atoms with Crippen molar-refractivity contribution in [1.29, 1.82) is 0 Å². The second-order valence-electron chi connectivity index (χ2n) is 7.10. The zero-order valence-corrected chi connectivity index (χ0v) is 17.9. The lowest BCUT2D eigenvalue weighted by atomic mass is 10.2. The van der Waals surface area contributed by atoms with Gasteiger partial charge < -0.3 is 5.32 Å². The summed E-state index contributed by atoms with van der Waals surface area (Å²) >= 11 is 6.02. The number of carbonyl (C=O) groups is 1. The van der Waals surface area contributed by atoms with Gasteiger partial charge in [-0.15, -0.1) is 12.4 Å². The molecule has 1 amide bonds. The van der Waals surface area contributed by atoms with Crippen molar-refractivity contribution in [2.45, 2.75) is 32.4 Å². The molecular formula is C21H25Cl2N5O. The standard InChI is InChI=1S/C21H24ClN5O.ClH/c1-2-26-12-4-5-17(26)13-24-19(28)14-27-20(15-7-9-16(22)10-8-15)25-18-6-3-11-23-21(18)27;/h3,6-11,17H,2,4-5,12-14H2,1H3,(H,24,28);1H. The fourth-order valence-corrected chi connectivity index (χ4v) is 4.03. The lowest BCUT2D eigenvalue weighted by Crippen LogP contribution is -2.41. The maximum absolute atomic E-state index is 12.7. The summed E-state index contributed by atoms with van der Waals surface area (Å²) in [4.78, 5) is 24.3. The van der Waals surface area contributed by atoms with Crippen molar-refractivity contribution in [2.75, 3.05) is 19.6 Å². The number of aromatic nitrogens is 3. The molecule has 6 nitrogen and oxygen atoms in total. The van der Waals surface area contributed by atoms with E-state index in [0.29, 0.717) is 23.3 Å². The number of hydrogen-bond acceptors (Lipinski definition) is 4. The summed E-state index contributed by atoms with van der Waals surface area (Å²) in [7, 11) is 0. The van der Waals surface area contributed by atoms with E-state index in [1.165, 1.54) is 6.42 Å². The highest BCUT2D eigenvalue weighted by molar-refractivity contribution is 6.30. The Kier molecular flexibility index (Phi) is 7.11. The SMILES string of the molecule is CCN1CCCC1CNC(=O)Cn1c(-c2ccc(Cl)cc2)nc2cccnc21.Cl. The van der Waals surface area contributed by atoms with Crippen LogP contribution in [0.1, 0.15) is 19.8 Å². The number of likely N-dealkylation sites (N-methyl/N-ethyl adjacent to an activating group) is 1. The van der Waals surface area contributed by atoms with E-state index in [-0.39, 0.29) is 24.9 Å². The van der Waals surface area contributed by atoms with Gasteiger partial charge in [0.15, 0.2) is 5.65 Å². The molecule has 1 aliphatic heterocycles. The van der Waals surface area contributed by atoms with E-state index in [1.807, 2.05) is 41.0 Å². The van der Waals surface area contributed by atoms with Crippen molar-refractivity contribution in [3.05, 3.63) is 47.6 Å². The molecule has 8 heteroatoms. The molecule has 1 N–H and O–H groups in total. The number of nitrogens with one attached hydrogen (secondary N) is 1. The van der Waals surface area contributed by atoms with Crippen LogP contribution in [0, 0.1) is 0 Å². The number of amides is 1. The van der Waals surface area contributed by atoms with Gasteiger partial charge in [0, 0.05) is 29.4 Å². The van der Waals surface area contributed by atoms with Gasteiger partial charge in [0.2, 0.25) is 5.91 Å². The number of pyridine rings is 1. The monoisotopic (exact) mass is 433 g/mol. The Morgan fingerprint density at radius 2 is 2.07 bits per heavy atom. The fraction of sp³-hybridized carbons (Fsp3) is 0.381. The minimum atomic E-state index is -0.0249. The van der Waals surface area contributed by atoms with Crippen LogP contribution in [0.2, 0.25) is 5.02 Å². The maximum atomic E-state index is 12.7. The first-order valence-electron chi connectivity index (χ1n) is 9.73. The van der Waals surface area contributed by atoms with E-state index in [9.17, 15) is 4.79 Å². The highest BCUT2D eigenvalue weighted by Crippen LogP contribution is 2.25. The smallest absolute Gasteiger partial charge is 0.240 e. The van der Waals surface area contributed by atoms with Gasteiger partial charge in [-0.3, -0.25) is 14.3 Å². The van der Waals surface area contributed by atoms with E-state index in [1.54, 1.807) is 6.20 Å². The molecule has 0 aliphatic carbocycles. The minimum Gasteiger partial charge on any atom is -0.353 e. The van der Waals surface area contributed by atoms with E-state index in [0.717, 1.165) is 36.4 Å². The molecule has 1 unspecified atom stereocenters. The number of rotatable bonds is 6. The summed E-state index contributed by atoms with van der Waals surface area (Å²) in [5, 5.41) is 3.77. The van der Waals surface area contributed by atoms with Crippen molar-refractivity contribution in [2.24, 2.45) is 0 Å². The molecule has 4 rings (SSSR count). The number of halogens is 2. The van der Waals surface area contributed by atoms with Gasteiger partial charge in [-0.25, -0.2) is 9.97 Å². The maximum Gasteiger partial charge on any atom is 0.240 e. The Bertz CT molecular complexity index is 973. The number of fused-ring (bicyclic) bond motifs is 1. The Morgan fingerprint density at radius 1 is 1.28 bits per heavy atom. The molecule has 0 bridgehead atoms. The summed E-state index contributed by atoms with van der Waals surface area (Å²) in [6.07, 6.45) is 4.06. The minimum absolute atomic E-state index is 0. The highest BCUT2D eigenvalue weighted by atomic mass is 35.5. The predicted molar refractivity (Wildman–Crippen MR) is 119 cm³/mol. The number of likely N-dealkylation sites (tertiary alicyclic amines) is 1. The van der Waals surface area contributed by atoms with Crippen LogP contribution in [0.25, 0.3) is 22.6 Å². The average Bonchev–Trinajstić information content (AvgIpc) is 3.31. The summed E-state index contributed by atoms with van der Waals surface area (Å²) < 4.78 is 1.88. The van der Waals surface area contributed by atoms with Crippen LogP contribution in [0.5, 0.6) is 0 Å². The molecule has 1 aromatic carbocycles. The van der Waals surface area contributed by atoms with Gasteiger partial charge in [0.05, 0.1) is 0 Å². The summed E-state index contributed by atoms with van der Waals surface area (Å²) in [5.41, 5.74) is 2.38. The van der Waals surface area contributed by atoms with Crippen LogP contribution < -0.4 is 5.32 Å². The Balaban J connectivity index is 0.00000240. The van der Waals surface area contributed by atoms with Crippen LogP contribution in [0.3, 0.4) is 0 Å². The van der Waals surface area contributed by atoms with Crippen LogP contribution in [0.15, 0.2) is 42.6 Å². The molecule has 3 heterocycles. The van der Waals surface area contributed by atoms with Crippen LogP contribution >= 0.6 is 24.0 Å². The lowest BCUT2D eigenvalue weighted by molar-refractivity contribution is -0.121. The van der Waals surface area contributed by atoms with Crippen molar-refractivity contribution < 1.29 is 4.79 Å². The van der Waals surface area contributed by atoms with Crippen molar-refractivity contribution in [3.63, 3.8) is 0 Å². The van der Waals surface area contributed by atoms with Crippen molar-refractivity contribution >= 4 is 41.1 Å². The molecule has 1 saturated heterocycles. The van der Waals surface area contributed by atoms with Gasteiger partial charge in [-0.2, -0.15) is 0 Å². The Labute approximate surface area is 181 Å².